The summed E-state index contributed by atoms with van der Waals surface area (Å²) < 4.78 is 0.873. The summed E-state index contributed by atoms with van der Waals surface area (Å²) in [5, 5.41) is 5.33. The Morgan fingerprint density at radius 1 is 1.00 bits per heavy atom. The normalized spacial score (nSPS) is 13.4. The second kappa shape index (κ2) is 8.08. The molecule has 1 aromatic carbocycles. The van der Waals surface area contributed by atoms with Crippen molar-refractivity contribution in [3.63, 3.8) is 0 Å². The van der Waals surface area contributed by atoms with Crippen LogP contribution in [0.15, 0.2) is 28.7 Å². The minimum absolute atomic E-state index is 0.0986. The Morgan fingerprint density at radius 2 is 1.55 bits per heavy atom. The number of rotatable bonds is 6. The van der Waals surface area contributed by atoms with Crippen LogP contribution < -0.4 is 10.6 Å². The first kappa shape index (κ1) is 18.4. The maximum Gasteiger partial charge on any atom is 0.251 e. The molecule has 1 aromatic rings. The predicted octanol–water partition coefficient (Wildman–Crippen LogP) is 2.30. The average Bonchev–Trinajstić information content (AvgIpc) is 2.44. The van der Waals surface area contributed by atoms with E-state index in [0.29, 0.717) is 5.56 Å². The molecule has 2 atom stereocenters. The highest BCUT2D eigenvalue weighted by atomic mass is 79.9. The van der Waals surface area contributed by atoms with Crippen LogP contribution in [0.4, 0.5) is 0 Å². The number of carbonyl (C=O) groups excluding carboxylic acids is 3. The molecule has 6 heteroatoms. The van der Waals surface area contributed by atoms with Crippen molar-refractivity contribution in [3.8, 4) is 0 Å². The Bertz CT molecular complexity index is 555. The third-order valence-corrected chi connectivity index (χ3v) is 3.84. The van der Waals surface area contributed by atoms with Gasteiger partial charge in [0.25, 0.3) is 5.91 Å². The molecule has 2 amide bonds. The van der Waals surface area contributed by atoms with Gasteiger partial charge in [-0.1, -0.05) is 29.8 Å². The lowest BCUT2D eigenvalue weighted by Crippen LogP contribution is -2.52. The molecule has 120 valence electrons. The van der Waals surface area contributed by atoms with Gasteiger partial charge in [0.05, 0.1) is 6.04 Å². The molecular weight excluding hydrogens is 348 g/mol. The van der Waals surface area contributed by atoms with Crippen molar-refractivity contribution in [1.82, 2.24) is 10.6 Å². The van der Waals surface area contributed by atoms with E-state index in [0.717, 1.165) is 4.47 Å². The van der Waals surface area contributed by atoms with Crippen LogP contribution in [0.3, 0.4) is 0 Å². The zero-order valence-corrected chi connectivity index (χ0v) is 14.7. The molecule has 0 spiro atoms. The third-order valence-electron chi connectivity index (χ3n) is 3.31. The van der Waals surface area contributed by atoms with Gasteiger partial charge in [-0.3, -0.25) is 14.4 Å². The topological polar surface area (TPSA) is 75.3 Å². The fourth-order valence-electron chi connectivity index (χ4n) is 1.77. The Balaban J connectivity index is 2.79. The van der Waals surface area contributed by atoms with E-state index < -0.39 is 12.1 Å². The number of ketones is 1. The highest BCUT2D eigenvalue weighted by Gasteiger charge is 2.26. The Kier molecular flexibility index (Phi) is 6.74. The first-order chi connectivity index (χ1) is 10.2. The zero-order chi connectivity index (χ0) is 16.9. The van der Waals surface area contributed by atoms with Gasteiger partial charge >= 0.3 is 0 Å². The highest BCUT2D eigenvalue weighted by Crippen LogP contribution is 2.11. The quantitative estimate of drug-likeness (QED) is 0.808. The van der Waals surface area contributed by atoms with Gasteiger partial charge in [0.2, 0.25) is 5.91 Å². The van der Waals surface area contributed by atoms with Gasteiger partial charge in [0.15, 0.2) is 5.78 Å². The Hall–Kier alpha value is -1.69. The zero-order valence-electron chi connectivity index (χ0n) is 13.1. The third kappa shape index (κ3) is 5.26. The van der Waals surface area contributed by atoms with E-state index in [2.05, 4.69) is 26.6 Å². The minimum atomic E-state index is -0.696. The van der Waals surface area contributed by atoms with Crippen LogP contribution in [0.5, 0.6) is 0 Å². The van der Waals surface area contributed by atoms with E-state index >= 15 is 0 Å². The number of hydrogen-bond acceptors (Lipinski definition) is 3. The summed E-state index contributed by atoms with van der Waals surface area (Å²) in [6, 6.07) is 5.60. The van der Waals surface area contributed by atoms with Gasteiger partial charge in [-0.25, -0.2) is 0 Å². The van der Waals surface area contributed by atoms with Gasteiger partial charge in [0, 0.05) is 10.0 Å². The average molecular weight is 369 g/mol. The standard InChI is InChI=1S/C16H21BrN2O3/c1-9(2)14(16(22)18-10(3)11(4)20)19-15(21)12-5-7-13(17)8-6-12/h5-10,14H,1-4H3,(H,18,22)(H,19,21)/t10-,14-/m0/s1. The second-order valence-corrected chi connectivity index (χ2v) is 6.46. The van der Waals surface area contributed by atoms with Crippen molar-refractivity contribution in [3.05, 3.63) is 34.3 Å². The number of hydrogen-bond donors (Lipinski definition) is 2. The molecule has 0 aliphatic rings. The van der Waals surface area contributed by atoms with Crippen LogP contribution in [0.25, 0.3) is 0 Å². The minimum Gasteiger partial charge on any atom is -0.345 e. The summed E-state index contributed by atoms with van der Waals surface area (Å²) >= 11 is 3.30. The molecule has 0 aliphatic heterocycles. The maximum absolute atomic E-state index is 12.2. The lowest BCUT2D eigenvalue weighted by molar-refractivity contribution is -0.128. The van der Waals surface area contributed by atoms with Crippen molar-refractivity contribution >= 4 is 33.5 Å². The van der Waals surface area contributed by atoms with E-state index in [4.69, 9.17) is 0 Å². The Morgan fingerprint density at radius 3 is 2.00 bits per heavy atom. The molecule has 1 rings (SSSR count). The largest absolute Gasteiger partial charge is 0.345 e. The van der Waals surface area contributed by atoms with Crippen LogP contribution in [-0.2, 0) is 9.59 Å². The number of carbonyl (C=O) groups is 3. The fourth-order valence-corrected chi connectivity index (χ4v) is 2.03. The van der Waals surface area contributed by atoms with Crippen molar-refractivity contribution in [2.75, 3.05) is 0 Å². The number of benzene rings is 1. The van der Waals surface area contributed by atoms with Gasteiger partial charge in [0.1, 0.15) is 6.04 Å². The lowest BCUT2D eigenvalue weighted by atomic mass is 10.0. The van der Waals surface area contributed by atoms with Crippen LogP contribution in [-0.4, -0.2) is 29.7 Å². The van der Waals surface area contributed by atoms with Crippen molar-refractivity contribution in [2.45, 2.75) is 39.8 Å². The molecule has 0 unspecified atom stereocenters. The molecule has 0 fully saturated rings. The van der Waals surface area contributed by atoms with Crippen LogP contribution in [0.2, 0.25) is 0 Å². The van der Waals surface area contributed by atoms with Gasteiger partial charge in [-0.15, -0.1) is 0 Å². The van der Waals surface area contributed by atoms with Crippen LogP contribution in [0.1, 0.15) is 38.1 Å². The maximum atomic E-state index is 12.2. The summed E-state index contributed by atoms with van der Waals surface area (Å²) in [6.45, 7) is 6.71. The Labute approximate surface area is 139 Å². The number of Topliss-reactive ketones (excluding diaryl/α,β-unsaturated/α-hetero) is 1. The van der Waals surface area contributed by atoms with Crippen molar-refractivity contribution < 1.29 is 14.4 Å². The van der Waals surface area contributed by atoms with E-state index in [9.17, 15) is 14.4 Å². The van der Waals surface area contributed by atoms with E-state index in [1.165, 1.54) is 6.92 Å². The van der Waals surface area contributed by atoms with E-state index in [1.54, 1.807) is 31.2 Å². The van der Waals surface area contributed by atoms with Gasteiger partial charge in [-0.2, -0.15) is 0 Å². The monoisotopic (exact) mass is 368 g/mol. The molecule has 0 heterocycles. The van der Waals surface area contributed by atoms with Crippen molar-refractivity contribution in [1.29, 1.82) is 0 Å². The molecule has 0 radical (unpaired) electrons. The number of halogens is 1. The molecule has 0 saturated heterocycles. The van der Waals surface area contributed by atoms with Crippen molar-refractivity contribution in [2.24, 2.45) is 5.92 Å². The van der Waals surface area contributed by atoms with E-state index in [-0.39, 0.29) is 23.5 Å². The van der Waals surface area contributed by atoms with Crippen LogP contribution >= 0.6 is 15.9 Å². The first-order valence-electron chi connectivity index (χ1n) is 7.09. The van der Waals surface area contributed by atoms with E-state index in [1.807, 2.05) is 13.8 Å². The summed E-state index contributed by atoms with van der Waals surface area (Å²) in [4.78, 5) is 35.7. The predicted molar refractivity (Wildman–Crippen MR) is 88.5 cm³/mol. The van der Waals surface area contributed by atoms with Crippen LogP contribution in [0, 0.1) is 5.92 Å². The highest BCUT2D eigenvalue weighted by molar-refractivity contribution is 9.10. The summed E-state index contributed by atoms with van der Waals surface area (Å²) in [5.74, 6) is -0.909. The first-order valence-corrected chi connectivity index (χ1v) is 7.89. The molecule has 0 saturated carbocycles. The lowest BCUT2D eigenvalue weighted by Gasteiger charge is -2.23. The molecule has 5 nitrogen and oxygen atoms in total. The molecular formula is C16H21BrN2O3. The molecule has 2 N–H and O–H groups in total. The van der Waals surface area contributed by atoms with Gasteiger partial charge < -0.3 is 10.6 Å². The molecule has 0 aromatic heterocycles. The smallest absolute Gasteiger partial charge is 0.251 e. The SMILES string of the molecule is CC(=O)[C@H](C)NC(=O)[C@@H](NC(=O)c1ccc(Br)cc1)C(C)C. The summed E-state index contributed by atoms with van der Waals surface area (Å²) in [5.41, 5.74) is 0.473. The number of nitrogens with one attached hydrogen (secondary N) is 2. The van der Waals surface area contributed by atoms with Gasteiger partial charge in [-0.05, 0) is 44.0 Å². The summed E-state index contributed by atoms with van der Waals surface area (Å²) in [7, 11) is 0. The second-order valence-electron chi connectivity index (χ2n) is 5.54. The number of amides is 2. The molecule has 22 heavy (non-hydrogen) atoms. The summed E-state index contributed by atoms with van der Waals surface area (Å²) in [6.07, 6.45) is 0. The molecule has 0 bridgehead atoms. The fraction of sp³-hybridized carbons (Fsp3) is 0.438. The molecule has 0 aliphatic carbocycles.